The maximum Gasteiger partial charge on any atom is 0.255 e. The Morgan fingerprint density at radius 1 is 1.41 bits per heavy atom. The summed E-state index contributed by atoms with van der Waals surface area (Å²) in [6.45, 7) is 0.764. The standard InChI is InChI=1S/C13H16N2O2/c16-11-4-3-9-5-7-15(12(9)11)13(17)10-2-1-6-14-8-10/h1-2,6,8-9,11-12,16H,3-5,7H2/t9-,11-,12+/m1/s1. The van der Waals surface area contributed by atoms with Gasteiger partial charge in [0.2, 0.25) is 0 Å². The zero-order valence-electron chi connectivity index (χ0n) is 9.62. The molecule has 17 heavy (non-hydrogen) atoms. The molecule has 1 aliphatic carbocycles. The van der Waals surface area contributed by atoms with Gasteiger partial charge in [-0.25, -0.2) is 0 Å². The van der Waals surface area contributed by atoms with Crippen molar-refractivity contribution in [2.45, 2.75) is 31.4 Å². The maximum atomic E-state index is 12.3. The Bertz CT molecular complexity index is 421. The second-order valence-electron chi connectivity index (χ2n) is 4.92. The Balaban J connectivity index is 1.83. The molecule has 1 N–H and O–H groups in total. The summed E-state index contributed by atoms with van der Waals surface area (Å²) >= 11 is 0. The lowest BCUT2D eigenvalue weighted by molar-refractivity contribution is 0.0530. The zero-order valence-corrected chi connectivity index (χ0v) is 9.62. The van der Waals surface area contributed by atoms with Gasteiger partial charge in [-0.2, -0.15) is 0 Å². The van der Waals surface area contributed by atoms with E-state index in [9.17, 15) is 9.90 Å². The molecule has 3 rings (SSSR count). The summed E-state index contributed by atoms with van der Waals surface area (Å²) in [5, 5.41) is 9.96. The number of fused-ring (bicyclic) bond motifs is 1. The predicted octanol–water partition coefficient (Wildman–Crippen LogP) is 1.07. The molecule has 2 fully saturated rings. The molecule has 1 aromatic heterocycles. The lowest BCUT2D eigenvalue weighted by atomic mass is 10.0. The molecule has 0 radical (unpaired) electrons. The molecule has 0 spiro atoms. The number of aliphatic hydroxyl groups is 1. The SMILES string of the molecule is O=C(c1cccnc1)N1CC[C@H]2CC[C@@H](O)[C@H]21. The highest BCUT2D eigenvalue weighted by molar-refractivity contribution is 5.94. The number of likely N-dealkylation sites (tertiary alicyclic amines) is 1. The third-order valence-electron chi connectivity index (χ3n) is 3.98. The van der Waals surface area contributed by atoms with Crippen molar-refractivity contribution in [3.8, 4) is 0 Å². The number of carbonyl (C=O) groups excluding carboxylic acids is 1. The number of carbonyl (C=O) groups is 1. The van der Waals surface area contributed by atoms with Gasteiger partial charge in [-0.3, -0.25) is 9.78 Å². The third-order valence-corrected chi connectivity index (χ3v) is 3.98. The van der Waals surface area contributed by atoms with Crippen LogP contribution in [0.1, 0.15) is 29.6 Å². The first-order valence-corrected chi connectivity index (χ1v) is 6.16. The highest BCUT2D eigenvalue weighted by Crippen LogP contribution is 2.38. The second kappa shape index (κ2) is 4.11. The minimum atomic E-state index is -0.344. The van der Waals surface area contributed by atoms with Crippen LogP contribution >= 0.6 is 0 Å². The van der Waals surface area contributed by atoms with Crippen LogP contribution in [0.15, 0.2) is 24.5 Å². The van der Waals surface area contributed by atoms with Crippen LogP contribution in [0.3, 0.4) is 0 Å². The summed E-state index contributed by atoms with van der Waals surface area (Å²) in [5.41, 5.74) is 0.618. The van der Waals surface area contributed by atoms with Crippen molar-refractivity contribution in [1.82, 2.24) is 9.88 Å². The van der Waals surface area contributed by atoms with Gasteiger partial charge in [0, 0.05) is 18.9 Å². The van der Waals surface area contributed by atoms with E-state index < -0.39 is 0 Å². The number of rotatable bonds is 1. The van der Waals surface area contributed by atoms with E-state index in [0.717, 1.165) is 25.8 Å². The molecule has 4 heteroatoms. The minimum absolute atomic E-state index is 0.00606. The molecule has 2 heterocycles. The van der Waals surface area contributed by atoms with Crippen molar-refractivity contribution in [2.75, 3.05) is 6.54 Å². The van der Waals surface area contributed by atoms with Gasteiger partial charge in [-0.1, -0.05) is 0 Å². The Morgan fingerprint density at radius 3 is 3.06 bits per heavy atom. The van der Waals surface area contributed by atoms with Crippen LogP contribution in [0.4, 0.5) is 0 Å². The minimum Gasteiger partial charge on any atom is -0.391 e. The van der Waals surface area contributed by atoms with Crippen LogP contribution in [0.25, 0.3) is 0 Å². The van der Waals surface area contributed by atoms with Crippen LogP contribution in [0.2, 0.25) is 0 Å². The van der Waals surface area contributed by atoms with Crippen LogP contribution in [0, 0.1) is 5.92 Å². The normalized spacial score (nSPS) is 31.6. The van der Waals surface area contributed by atoms with Gasteiger partial charge in [0.15, 0.2) is 0 Å². The van der Waals surface area contributed by atoms with Crippen molar-refractivity contribution < 1.29 is 9.90 Å². The first-order valence-electron chi connectivity index (χ1n) is 6.16. The molecule has 3 atom stereocenters. The predicted molar refractivity (Wildman–Crippen MR) is 62.4 cm³/mol. The van der Waals surface area contributed by atoms with Crippen molar-refractivity contribution in [3.05, 3.63) is 30.1 Å². The molecule has 1 aromatic rings. The fourth-order valence-corrected chi connectivity index (χ4v) is 3.16. The van der Waals surface area contributed by atoms with E-state index in [1.54, 1.807) is 24.5 Å². The highest BCUT2D eigenvalue weighted by Gasteiger charge is 2.45. The summed E-state index contributed by atoms with van der Waals surface area (Å²) in [7, 11) is 0. The number of nitrogens with zero attached hydrogens (tertiary/aromatic N) is 2. The molecule has 1 saturated heterocycles. The van der Waals surface area contributed by atoms with E-state index in [1.807, 2.05) is 4.90 Å². The van der Waals surface area contributed by atoms with Gasteiger partial charge in [-0.15, -0.1) is 0 Å². The molecule has 0 aromatic carbocycles. The molecular weight excluding hydrogens is 216 g/mol. The molecule has 4 nitrogen and oxygen atoms in total. The lowest BCUT2D eigenvalue weighted by Crippen LogP contribution is -2.42. The van der Waals surface area contributed by atoms with Gasteiger partial charge < -0.3 is 10.0 Å². The average Bonchev–Trinajstić information content (AvgIpc) is 2.93. The van der Waals surface area contributed by atoms with E-state index in [2.05, 4.69) is 4.98 Å². The monoisotopic (exact) mass is 232 g/mol. The van der Waals surface area contributed by atoms with E-state index in [4.69, 9.17) is 0 Å². The summed E-state index contributed by atoms with van der Waals surface area (Å²) in [6.07, 6.45) is 5.80. The third kappa shape index (κ3) is 1.72. The zero-order chi connectivity index (χ0) is 11.8. The second-order valence-corrected chi connectivity index (χ2v) is 4.92. The highest BCUT2D eigenvalue weighted by atomic mass is 16.3. The number of pyridine rings is 1. The summed E-state index contributed by atoms with van der Waals surface area (Å²) in [5.74, 6) is 0.497. The average molecular weight is 232 g/mol. The fourth-order valence-electron chi connectivity index (χ4n) is 3.16. The number of aromatic nitrogens is 1. The van der Waals surface area contributed by atoms with Crippen LogP contribution in [-0.4, -0.2) is 39.6 Å². The Labute approximate surface area is 100 Å². The largest absolute Gasteiger partial charge is 0.391 e. The number of aliphatic hydroxyl groups excluding tert-OH is 1. The summed E-state index contributed by atoms with van der Waals surface area (Å²) in [4.78, 5) is 18.1. The quantitative estimate of drug-likeness (QED) is 0.788. The van der Waals surface area contributed by atoms with Crippen LogP contribution in [-0.2, 0) is 0 Å². The Kier molecular flexibility index (Phi) is 2.59. The van der Waals surface area contributed by atoms with E-state index in [-0.39, 0.29) is 18.1 Å². The van der Waals surface area contributed by atoms with Crippen molar-refractivity contribution in [3.63, 3.8) is 0 Å². The molecule has 0 bridgehead atoms. The van der Waals surface area contributed by atoms with Gasteiger partial charge >= 0.3 is 0 Å². The topological polar surface area (TPSA) is 53.4 Å². The Hall–Kier alpha value is -1.42. The van der Waals surface area contributed by atoms with E-state index in [0.29, 0.717) is 11.5 Å². The number of amides is 1. The van der Waals surface area contributed by atoms with Crippen molar-refractivity contribution in [2.24, 2.45) is 5.92 Å². The van der Waals surface area contributed by atoms with Gasteiger partial charge in [0.1, 0.15) is 0 Å². The lowest BCUT2D eigenvalue weighted by Gasteiger charge is -2.26. The Morgan fingerprint density at radius 2 is 2.29 bits per heavy atom. The first kappa shape index (κ1) is 10.7. The first-order chi connectivity index (χ1) is 8.27. The van der Waals surface area contributed by atoms with E-state index >= 15 is 0 Å². The van der Waals surface area contributed by atoms with Gasteiger partial charge in [0.25, 0.3) is 5.91 Å². The number of hydrogen-bond acceptors (Lipinski definition) is 3. The smallest absolute Gasteiger partial charge is 0.255 e. The fraction of sp³-hybridized carbons (Fsp3) is 0.538. The summed E-state index contributed by atoms with van der Waals surface area (Å²) in [6, 6.07) is 3.58. The van der Waals surface area contributed by atoms with Crippen molar-refractivity contribution in [1.29, 1.82) is 0 Å². The number of hydrogen-bond donors (Lipinski definition) is 1. The van der Waals surface area contributed by atoms with Crippen molar-refractivity contribution >= 4 is 5.91 Å². The molecule has 1 aliphatic heterocycles. The van der Waals surface area contributed by atoms with Crippen LogP contribution in [0.5, 0.6) is 0 Å². The molecular formula is C13H16N2O2. The molecule has 1 saturated carbocycles. The van der Waals surface area contributed by atoms with Crippen LogP contribution < -0.4 is 0 Å². The van der Waals surface area contributed by atoms with Gasteiger partial charge in [0.05, 0.1) is 17.7 Å². The van der Waals surface area contributed by atoms with E-state index in [1.165, 1.54) is 0 Å². The molecule has 1 amide bonds. The molecule has 0 unspecified atom stereocenters. The molecule has 2 aliphatic rings. The summed E-state index contributed by atoms with van der Waals surface area (Å²) < 4.78 is 0. The molecule has 90 valence electrons. The maximum absolute atomic E-state index is 12.3. The van der Waals surface area contributed by atoms with Gasteiger partial charge in [-0.05, 0) is 37.3 Å².